The molecule has 0 saturated heterocycles. The third kappa shape index (κ3) is 7.73. The van der Waals surface area contributed by atoms with Crippen molar-refractivity contribution in [3.05, 3.63) is 0 Å². The van der Waals surface area contributed by atoms with Crippen molar-refractivity contribution in [3.8, 4) is 0 Å². The second-order valence-electron chi connectivity index (χ2n) is 7.61. The number of hydrogen-bond donors (Lipinski definition) is 0. The van der Waals surface area contributed by atoms with Crippen molar-refractivity contribution < 1.29 is 9.53 Å². The van der Waals surface area contributed by atoms with Gasteiger partial charge in [0.1, 0.15) is 5.78 Å². The van der Waals surface area contributed by atoms with Crippen LogP contribution in [0, 0.1) is 11.8 Å². The van der Waals surface area contributed by atoms with E-state index < -0.39 is 0 Å². The van der Waals surface area contributed by atoms with Gasteiger partial charge in [0.2, 0.25) is 0 Å². The zero-order chi connectivity index (χ0) is 16.5. The van der Waals surface area contributed by atoms with Gasteiger partial charge in [0.25, 0.3) is 0 Å². The van der Waals surface area contributed by atoms with Crippen LogP contribution < -0.4 is 0 Å². The fraction of sp³-hybridized carbons (Fsp3) is 0.947. The maximum Gasteiger partial charge on any atom is 0.135 e. The molecule has 1 rings (SSSR count). The summed E-state index contributed by atoms with van der Waals surface area (Å²) in [5, 5.41) is 0. The highest BCUT2D eigenvalue weighted by atomic mass is 16.5. The SMILES string of the molecule is CC(C)OCCCCN(C)C1CCC(CC(=O)C(C)C)CC1. The molecule has 0 aliphatic heterocycles. The van der Waals surface area contributed by atoms with Gasteiger partial charge in [-0.05, 0) is 71.9 Å². The molecule has 0 atom stereocenters. The summed E-state index contributed by atoms with van der Waals surface area (Å²) in [5.74, 6) is 1.29. The zero-order valence-corrected chi connectivity index (χ0v) is 15.4. The van der Waals surface area contributed by atoms with Crippen molar-refractivity contribution in [1.29, 1.82) is 0 Å². The van der Waals surface area contributed by atoms with Gasteiger partial charge >= 0.3 is 0 Å². The summed E-state index contributed by atoms with van der Waals surface area (Å²) in [7, 11) is 2.26. The summed E-state index contributed by atoms with van der Waals surface area (Å²) >= 11 is 0. The number of hydrogen-bond acceptors (Lipinski definition) is 3. The summed E-state index contributed by atoms with van der Waals surface area (Å²) < 4.78 is 5.59. The predicted molar refractivity (Wildman–Crippen MR) is 93.2 cm³/mol. The van der Waals surface area contributed by atoms with Gasteiger partial charge in [-0.1, -0.05) is 13.8 Å². The van der Waals surface area contributed by atoms with Gasteiger partial charge in [0, 0.05) is 25.0 Å². The fourth-order valence-electron chi connectivity index (χ4n) is 3.27. The Morgan fingerprint density at radius 2 is 1.73 bits per heavy atom. The van der Waals surface area contributed by atoms with E-state index in [0.29, 0.717) is 17.8 Å². The molecular formula is C19H37NO2. The van der Waals surface area contributed by atoms with Gasteiger partial charge in [-0.15, -0.1) is 0 Å². The molecule has 0 aromatic carbocycles. The molecule has 0 radical (unpaired) electrons. The summed E-state index contributed by atoms with van der Waals surface area (Å²) in [6.45, 7) is 10.3. The molecule has 3 heteroatoms. The van der Waals surface area contributed by atoms with Crippen LogP contribution in [-0.4, -0.2) is 43.0 Å². The normalized spacial score (nSPS) is 22.7. The van der Waals surface area contributed by atoms with Crippen LogP contribution in [-0.2, 0) is 9.53 Å². The smallest absolute Gasteiger partial charge is 0.135 e. The van der Waals surface area contributed by atoms with E-state index in [-0.39, 0.29) is 5.92 Å². The lowest BCUT2D eigenvalue weighted by molar-refractivity contribution is -0.123. The zero-order valence-electron chi connectivity index (χ0n) is 15.4. The van der Waals surface area contributed by atoms with Gasteiger partial charge in [-0.25, -0.2) is 0 Å². The van der Waals surface area contributed by atoms with Crippen LogP contribution in [0.2, 0.25) is 0 Å². The van der Waals surface area contributed by atoms with Crippen molar-refractivity contribution in [2.24, 2.45) is 11.8 Å². The number of carbonyl (C=O) groups excluding carboxylic acids is 1. The minimum absolute atomic E-state index is 0.202. The van der Waals surface area contributed by atoms with Crippen molar-refractivity contribution in [3.63, 3.8) is 0 Å². The third-order valence-corrected chi connectivity index (χ3v) is 4.93. The number of Topliss-reactive ketones (excluding diaryl/α,β-unsaturated/α-hetero) is 1. The van der Waals surface area contributed by atoms with Gasteiger partial charge in [0.05, 0.1) is 6.10 Å². The topological polar surface area (TPSA) is 29.5 Å². The van der Waals surface area contributed by atoms with E-state index in [1.54, 1.807) is 0 Å². The molecule has 0 aromatic heterocycles. The molecule has 1 saturated carbocycles. The summed E-state index contributed by atoms with van der Waals surface area (Å²) in [5.41, 5.74) is 0. The molecule has 0 aromatic rings. The lowest BCUT2D eigenvalue weighted by Gasteiger charge is -2.34. The highest BCUT2D eigenvalue weighted by Gasteiger charge is 2.25. The second-order valence-corrected chi connectivity index (χ2v) is 7.61. The first-order valence-corrected chi connectivity index (χ1v) is 9.24. The maximum atomic E-state index is 11.9. The number of rotatable bonds is 10. The molecular weight excluding hydrogens is 274 g/mol. The van der Waals surface area contributed by atoms with E-state index in [2.05, 4.69) is 25.8 Å². The minimum atomic E-state index is 0.202. The third-order valence-electron chi connectivity index (χ3n) is 4.93. The maximum absolute atomic E-state index is 11.9. The molecule has 1 aliphatic carbocycles. The summed E-state index contributed by atoms with van der Waals surface area (Å²) in [6.07, 6.45) is 8.50. The molecule has 22 heavy (non-hydrogen) atoms. The molecule has 0 spiro atoms. The van der Waals surface area contributed by atoms with Crippen molar-refractivity contribution in [1.82, 2.24) is 4.90 Å². The van der Waals surface area contributed by atoms with Crippen LogP contribution in [0.1, 0.15) is 72.6 Å². The summed E-state index contributed by atoms with van der Waals surface area (Å²) in [4.78, 5) is 14.4. The van der Waals surface area contributed by atoms with E-state index in [4.69, 9.17) is 4.74 Å². The van der Waals surface area contributed by atoms with Crippen LogP contribution in [0.15, 0.2) is 0 Å². The number of nitrogens with zero attached hydrogens (tertiary/aromatic N) is 1. The van der Waals surface area contributed by atoms with E-state index in [0.717, 1.165) is 25.5 Å². The van der Waals surface area contributed by atoms with Crippen LogP contribution in [0.3, 0.4) is 0 Å². The largest absolute Gasteiger partial charge is 0.379 e. The Bertz CT molecular complexity index is 307. The second kappa shape index (κ2) is 10.4. The Hall–Kier alpha value is -0.410. The van der Waals surface area contributed by atoms with E-state index >= 15 is 0 Å². The monoisotopic (exact) mass is 311 g/mol. The van der Waals surface area contributed by atoms with E-state index in [1.165, 1.54) is 38.6 Å². The first-order valence-electron chi connectivity index (χ1n) is 9.24. The van der Waals surface area contributed by atoms with Gasteiger partial charge in [-0.2, -0.15) is 0 Å². The molecule has 3 nitrogen and oxygen atoms in total. The summed E-state index contributed by atoms with van der Waals surface area (Å²) in [6, 6.07) is 0.719. The van der Waals surface area contributed by atoms with Gasteiger partial charge in [-0.3, -0.25) is 4.79 Å². The number of carbonyl (C=O) groups is 1. The molecule has 0 amide bonds. The number of ether oxygens (including phenoxy) is 1. The Kier molecular flexibility index (Phi) is 9.27. The fourth-order valence-corrected chi connectivity index (χ4v) is 3.27. The quantitative estimate of drug-likeness (QED) is 0.563. The molecule has 1 aliphatic rings. The van der Waals surface area contributed by atoms with Crippen molar-refractivity contribution >= 4 is 5.78 Å². The van der Waals surface area contributed by atoms with Gasteiger partial charge in [0.15, 0.2) is 0 Å². The first-order chi connectivity index (χ1) is 10.4. The number of unbranched alkanes of at least 4 members (excludes halogenated alkanes) is 1. The van der Waals surface area contributed by atoms with Crippen LogP contribution in [0.5, 0.6) is 0 Å². The molecule has 0 bridgehead atoms. The lowest BCUT2D eigenvalue weighted by Crippen LogP contribution is -2.36. The van der Waals surface area contributed by atoms with E-state index in [9.17, 15) is 4.79 Å². The Morgan fingerprint density at radius 3 is 2.27 bits per heavy atom. The predicted octanol–water partition coefficient (Wildman–Crippen LogP) is 4.30. The molecule has 0 heterocycles. The lowest BCUT2D eigenvalue weighted by atomic mass is 9.81. The van der Waals surface area contributed by atoms with Crippen LogP contribution in [0.25, 0.3) is 0 Å². The Labute approximate surface area is 137 Å². The molecule has 0 unspecified atom stereocenters. The highest BCUT2D eigenvalue weighted by molar-refractivity contribution is 5.80. The Balaban J connectivity index is 2.14. The van der Waals surface area contributed by atoms with Crippen molar-refractivity contribution in [2.75, 3.05) is 20.2 Å². The Morgan fingerprint density at radius 1 is 1.09 bits per heavy atom. The highest BCUT2D eigenvalue weighted by Crippen LogP contribution is 2.30. The average Bonchev–Trinajstić information content (AvgIpc) is 2.47. The number of ketones is 1. The van der Waals surface area contributed by atoms with Crippen LogP contribution in [0.4, 0.5) is 0 Å². The van der Waals surface area contributed by atoms with Crippen LogP contribution >= 0.6 is 0 Å². The average molecular weight is 312 g/mol. The molecule has 0 N–H and O–H groups in total. The standard InChI is InChI=1S/C19H37NO2/c1-15(2)19(21)14-17-8-10-18(11-9-17)20(5)12-6-7-13-22-16(3)4/h15-18H,6-14H2,1-5H3. The first kappa shape index (κ1) is 19.6. The van der Waals surface area contributed by atoms with Crippen molar-refractivity contribution in [2.45, 2.75) is 84.8 Å². The molecule has 1 fully saturated rings. The van der Waals surface area contributed by atoms with Gasteiger partial charge < -0.3 is 9.64 Å². The minimum Gasteiger partial charge on any atom is -0.379 e. The van der Waals surface area contributed by atoms with E-state index in [1.807, 2.05) is 13.8 Å². The molecule has 130 valence electrons.